The number of nitro benzene ring substituents is 1. The number of hydrazone groups is 1. The molecule has 3 rings (SSSR count). The number of non-ortho nitro benzene ring substituents is 1. The molecule has 0 radical (unpaired) electrons. The van der Waals surface area contributed by atoms with Crippen LogP contribution >= 0.6 is 15.9 Å². The van der Waals surface area contributed by atoms with Gasteiger partial charge in [0.15, 0.2) is 0 Å². The summed E-state index contributed by atoms with van der Waals surface area (Å²) in [6, 6.07) is 16.7. The van der Waals surface area contributed by atoms with Crippen LogP contribution in [0.3, 0.4) is 0 Å². The van der Waals surface area contributed by atoms with E-state index in [1.807, 2.05) is 6.92 Å². The highest BCUT2D eigenvalue weighted by Crippen LogP contribution is 2.30. The second-order valence-electron chi connectivity index (χ2n) is 7.29. The highest BCUT2D eigenvalue weighted by molar-refractivity contribution is 9.10. The van der Waals surface area contributed by atoms with Crippen LogP contribution in [0.4, 0.5) is 11.4 Å². The average molecular weight is 561 g/mol. The summed E-state index contributed by atoms with van der Waals surface area (Å²) >= 11 is 3.29. The van der Waals surface area contributed by atoms with E-state index in [1.165, 1.54) is 49.7 Å². The number of aryl methyl sites for hydroxylation is 1. The van der Waals surface area contributed by atoms with Crippen molar-refractivity contribution in [2.24, 2.45) is 5.10 Å². The highest BCUT2D eigenvalue weighted by Gasteiger charge is 2.28. The van der Waals surface area contributed by atoms with Crippen molar-refractivity contribution in [3.63, 3.8) is 0 Å². The third-order valence-electron chi connectivity index (χ3n) is 4.80. The second kappa shape index (κ2) is 11.1. The molecule has 0 fully saturated rings. The molecule has 0 aromatic heterocycles. The zero-order valence-electron chi connectivity index (χ0n) is 18.7. The maximum absolute atomic E-state index is 13.5. The molecule has 0 spiro atoms. The number of carbonyl (C=O) groups excluding carboxylic acids is 1. The van der Waals surface area contributed by atoms with Crippen molar-refractivity contribution >= 4 is 49.4 Å². The van der Waals surface area contributed by atoms with E-state index < -0.39 is 27.4 Å². The average Bonchev–Trinajstić information content (AvgIpc) is 2.83. The maximum Gasteiger partial charge on any atom is 0.270 e. The number of anilines is 1. The van der Waals surface area contributed by atoms with Crippen molar-refractivity contribution in [2.75, 3.05) is 18.0 Å². The van der Waals surface area contributed by atoms with Crippen LogP contribution in [-0.2, 0) is 14.8 Å². The molecule has 0 aliphatic rings. The lowest BCUT2D eigenvalue weighted by molar-refractivity contribution is -0.384. The minimum Gasteiger partial charge on any atom is -0.496 e. The van der Waals surface area contributed by atoms with Gasteiger partial charge in [0, 0.05) is 17.7 Å². The summed E-state index contributed by atoms with van der Waals surface area (Å²) in [6.45, 7) is 1.31. The first-order chi connectivity index (χ1) is 16.6. The molecule has 3 aromatic carbocycles. The fraction of sp³-hybridized carbons (Fsp3) is 0.130. The Labute approximate surface area is 210 Å². The Hall–Kier alpha value is -3.77. The molecule has 0 bridgehead atoms. The van der Waals surface area contributed by atoms with Crippen LogP contribution in [0, 0.1) is 17.0 Å². The molecule has 0 aliphatic carbocycles. The van der Waals surface area contributed by atoms with E-state index in [-0.39, 0.29) is 10.6 Å². The third-order valence-corrected chi connectivity index (χ3v) is 7.19. The van der Waals surface area contributed by atoms with Crippen molar-refractivity contribution in [1.29, 1.82) is 0 Å². The van der Waals surface area contributed by atoms with Gasteiger partial charge in [0.1, 0.15) is 12.3 Å². The van der Waals surface area contributed by atoms with Crippen LogP contribution in [0.5, 0.6) is 5.75 Å². The minimum atomic E-state index is -4.14. The van der Waals surface area contributed by atoms with Crippen molar-refractivity contribution in [3.05, 3.63) is 92.4 Å². The molecule has 10 nitrogen and oxygen atoms in total. The summed E-state index contributed by atoms with van der Waals surface area (Å²) in [7, 11) is -2.68. The van der Waals surface area contributed by atoms with E-state index in [0.29, 0.717) is 21.5 Å². The molecular formula is C23H21BrN4O6S. The van der Waals surface area contributed by atoms with Gasteiger partial charge in [-0.3, -0.25) is 19.2 Å². The number of benzene rings is 3. The first-order valence-corrected chi connectivity index (χ1v) is 12.3. The van der Waals surface area contributed by atoms with Crippen LogP contribution < -0.4 is 14.5 Å². The van der Waals surface area contributed by atoms with E-state index in [4.69, 9.17) is 4.74 Å². The number of ether oxygens (including phenoxy) is 1. The smallest absolute Gasteiger partial charge is 0.270 e. The Bertz CT molecular complexity index is 1380. The van der Waals surface area contributed by atoms with Crippen LogP contribution in [-0.4, -0.2) is 39.1 Å². The minimum absolute atomic E-state index is 0.0429. The molecule has 12 heteroatoms. The Morgan fingerprint density at radius 1 is 1.17 bits per heavy atom. The predicted octanol–water partition coefficient (Wildman–Crippen LogP) is 4.02. The topological polar surface area (TPSA) is 131 Å². The number of hydrogen-bond acceptors (Lipinski definition) is 7. The van der Waals surface area contributed by atoms with Gasteiger partial charge < -0.3 is 4.74 Å². The summed E-state index contributed by atoms with van der Waals surface area (Å²) < 4.78 is 33.5. The molecule has 0 atom stereocenters. The van der Waals surface area contributed by atoms with Gasteiger partial charge in [0.2, 0.25) is 0 Å². The molecule has 182 valence electrons. The molecular weight excluding hydrogens is 540 g/mol. The zero-order valence-corrected chi connectivity index (χ0v) is 21.1. The summed E-state index contributed by atoms with van der Waals surface area (Å²) in [6.07, 6.45) is 1.23. The summed E-state index contributed by atoms with van der Waals surface area (Å²) in [4.78, 5) is 22.9. The molecule has 0 unspecified atom stereocenters. The quantitative estimate of drug-likeness (QED) is 0.239. The van der Waals surface area contributed by atoms with Crippen molar-refractivity contribution in [1.82, 2.24) is 5.43 Å². The first-order valence-electron chi connectivity index (χ1n) is 10.1. The van der Waals surface area contributed by atoms with Gasteiger partial charge in [-0.15, -0.1) is 0 Å². The normalized spacial score (nSPS) is 11.3. The fourth-order valence-electron chi connectivity index (χ4n) is 3.02. The highest BCUT2D eigenvalue weighted by atomic mass is 79.9. The number of hydrogen-bond donors (Lipinski definition) is 1. The molecule has 35 heavy (non-hydrogen) atoms. The molecule has 0 saturated carbocycles. The van der Waals surface area contributed by atoms with Gasteiger partial charge in [-0.2, -0.15) is 5.10 Å². The monoisotopic (exact) mass is 560 g/mol. The van der Waals surface area contributed by atoms with Gasteiger partial charge in [0.25, 0.3) is 21.6 Å². The van der Waals surface area contributed by atoms with E-state index in [1.54, 1.807) is 30.3 Å². The maximum atomic E-state index is 13.5. The SMILES string of the molecule is COc1ccc(S(=O)(=O)N(CC(=O)N/N=C\c2cccc([N+](=O)[O-])c2)c2ccc(C)cc2)cc1Br. The first kappa shape index (κ1) is 25.8. The Morgan fingerprint density at radius 2 is 1.89 bits per heavy atom. The lowest BCUT2D eigenvalue weighted by atomic mass is 10.2. The number of carbonyl (C=O) groups is 1. The molecule has 1 amide bonds. The number of nitro groups is 1. The van der Waals surface area contributed by atoms with E-state index in [9.17, 15) is 23.3 Å². The van der Waals surface area contributed by atoms with Crippen molar-refractivity contribution in [2.45, 2.75) is 11.8 Å². The molecule has 0 saturated heterocycles. The van der Waals surface area contributed by atoms with Crippen molar-refractivity contribution in [3.8, 4) is 5.75 Å². The van der Waals surface area contributed by atoms with Crippen LogP contribution in [0.15, 0.2) is 81.2 Å². The van der Waals surface area contributed by atoms with Gasteiger partial charge in [-0.1, -0.05) is 29.8 Å². The number of rotatable bonds is 9. The third kappa shape index (κ3) is 6.43. The summed E-state index contributed by atoms with van der Waals surface area (Å²) in [5.74, 6) is -0.248. The number of amides is 1. The number of nitrogens with zero attached hydrogens (tertiary/aromatic N) is 3. The number of halogens is 1. The van der Waals surface area contributed by atoms with Gasteiger partial charge in [-0.25, -0.2) is 13.8 Å². The van der Waals surface area contributed by atoms with E-state index >= 15 is 0 Å². The number of nitrogens with one attached hydrogen (secondary N) is 1. The summed E-state index contributed by atoms with van der Waals surface area (Å²) in [5.41, 5.74) is 3.75. The Morgan fingerprint density at radius 3 is 2.51 bits per heavy atom. The lowest BCUT2D eigenvalue weighted by Gasteiger charge is -2.24. The molecule has 0 aliphatic heterocycles. The van der Waals surface area contributed by atoms with Gasteiger partial charge in [-0.05, 0) is 53.2 Å². The molecule has 0 heterocycles. The van der Waals surface area contributed by atoms with Crippen LogP contribution in [0.1, 0.15) is 11.1 Å². The molecule has 1 N–H and O–H groups in total. The largest absolute Gasteiger partial charge is 0.496 e. The van der Waals surface area contributed by atoms with Gasteiger partial charge in [0.05, 0.1) is 33.3 Å². The Kier molecular flexibility index (Phi) is 8.20. The van der Waals surface area contributed by atoms with Crippen molar-refractivity contribution < 1.29 is 22.9 Å². The summed E-state index contributed by atoms with van der Waals surface area (Å²) in [5, 5.41) is 14.7. The van der Waals surface area contributed by atoms with E-state index in [2.05, 4.69) is 26.5 Å². The second-order valence-corrected chi connectivity index (χ2v) is 10.0. The van der Waals surface area contributed by atoms with E-state index in [0.717, 1.165) is 9.87 Å². The van der Waals surface area contributed by atoms with Crippen LogP contribution in [0.25, 0.3) is 0 Å². The zero-order chi connectivity index (χ0) is 25.6. The number of methoxy groups -OCH3 is 1. The standard InChI is InChI=1S/C23H21BrN4O6S/c1-16-6-8-18(9-7-16)27(35(32,33)20-10-11-22(34-2)21(24)13-20)15-23(29)26-25-14-17-4-3-5-19(12-17)28(30)31/h3-14H,15H2,1-2H3,(H,26,29)/b25-14-. The number of sulfonamides is 1. The fourth-order valence-corrected chi connectivity index (χ4v) is 5.16. The lowest BCUT2D eigenvalue weighted by Crippen LogP contribution is -2.39. The molecule has 3 aromatic rings. The Balaban J connectivity index is 1.85. The predicted molar refractivity (Wildman–Crippen MR) is 135 cm³/mol. The van der Waals surface area contributed by atoms with Gasteiger partial charge >= 0.3 is 0 Å². The van der Waals surface area contributed by atoms with Crippen LogP contribution in [0.2, 0.25) is 0 Å².